The minimum absolute atomic E-state index is 0.0882. The lowest BCUT2D eigenvalue weighted by molar-refractivity contribution is -0.129. The Morgan fingerprint density at radius 2 is 1.63 bits per heavy atom. The summed E-state index contributed by atoms with van der Waals surface area (Å²) in [5.41, 5.74) is 3.07. The number of amides is 2. The zero-order valence-electron chi connectivity index (χ0n) is 16.8. The molecule has 1 atom stereocenters. The summed E-state index contributed by atoms with van der Waals surface area (Å²) in [6.45, 7) is 1.86. The van der Waals surface area contributed by atoms with Crippen LogP contribution in [0.15, 0.2) is 59.5 Å². The number of carbonyl (C=O) groups excluding carboxylic acids is 2. The van der Waals surface area contributed by atoms with E-state index in [-0.39, 0.29) is 17.7 Å². The molecule has 0 aromatic heterocycles. The van der Waals surface area contributed by atoms with Crippen molar-refractivity contribution >= 4 is 27.5 Å². The molecule has 2 rings (SSSR count). The molecule has 0 unspecified atom stereocenters. The fourth-order valence-corrected chi connectivity index (χ4v) is 4.06. The molecule has 162 valence electrons. The van der Waals surface area contributed by atoms with E-state index in [1.165, 1.54) is 12.1 Å². The molecule has 8 nitrogen and oxygen atoms in total. The predicted octanol–water partition coefficient (Wildman–Crippen LogP) is 2.74. The van der Waals surface area contributed by atoms with Crippen LogP contribution in [0.25, 0.3) is 0 Å². The van der Waals surface area contributed by atoms with Gasteiger partial charge in [0.15, 0.2) is 0 Å². The first-order valence-electron chi connectivity index (χ1n) is 9.69. The molecule has 0 spiro atoms. The van der Waals surface area contributed by atoms with Crippen LogP contribution in [-0.2, 0) is 19.6 Å². The molecule has 0 aliphatic heterocycles. The molecule has 30 heavy (non-hydrogen) atoms. The number of sulfonamides is 1. The average Bonchev–Trinajstić information content (AvgIpc) is 2.73. The number of para-hydroxylation sites is 1. The first-order valence-corrected chi connectivity index (χ1v) is 11.2. The highest BCUT2D eigenvalue weighted by Gasteiger charge is 2.25. The largest absolute Gasteiger partial charge is 0.325 e. The van der Waals surface area contributed by atoms with Crippen LogP contribution in [0.3, 0.4) is 0 Å². The van der Waals surface area contributed by atoms with Gasteiger partial charge in [0.1, 0.15) is 6.04 Å². The highest BCUT2D eigenvalue weighted by Crippen LogP contribution is 2.15. The summed E-state index contributed by atoms with van der Waals surface area (Å²) in [6, 6.07) is 14.2. The zero-order valence-corrected chi connectivity index (χ0v) is 17.6. The van der Waals surface area contributed by atoms with Gasteiger partial charge in [-0.25, -0.2) is 13.9 Å². The molecule has 0 aliphatic carbocycles. The second-order valence-corrected chi connectivity index (χ2v) is 8.69. The number of aryl methyl sites for hydroxylation is 1. The van der Waals surface area contributed by atoms with Gasteiger partial charge in [0.05, 0.1) is 4.90 Å². The number of unbranched alkanes of at least 4 members (excludes halogenated alkanes) is 2. The van der Waals surface area contributed by atoms with Crippen molar-refractivity contribution in [1.82, 2.24) is 10.2 Å². The Bertz CT molecular complexity index is 931. The number of hydrogen-bond donors (Lipinski definition) is 4. The topological polar surface area (TPSA) is 125 Å². The molecule has 0 saturated carbocycles. The van der Waals surface area contributed by atoms with Gasteiger partial charge in [0.2, 0.25) is 21.8 Å². The molecular formula is C21H27N3O5S. The molecule has 0 heterocycles. The molecule has 0 saturated heterocycles. The summed E-state index contributed by atoms with van der Waals surface area (Å²) in [5, 5.41) is 11.2. The van der Waals surface area contributed by atoms with Crippen molar-refractivity contribution in [3.8, 4) is 0 Å². The lowest BCUT2D eigenvalue weighted by Crippen LogP contribution is -2.43. The smallest absolute Gasteiger partial charge is 0.243 e. The number of benzene rings is 2. The Hall–Kier alpha value is -2.75. The molecule has 2 aromatic rings. The molecule has 9 heteroatoms. The minimum Gasteiger partial charge on any atom is -0.325 e. The van der Waals surface area contributed by atoms with Crippen LogP contribution in [0.4, 0.5) is 5.69 Å². The van der Waals surface area contributed by atoms with Gasteiger partial charge in [-0.1, -0.05) is 48.7 Å². The van der Waals surface area contributed by atoms with Gasteiger partial charge in [-0.2, -0.15) is 4.72 Å². The van der Waals surface area contributed by atoms with E-state index >= 15 is 0 Å². The first kappa shape index (κ1) is 23.5. The Balaban J connectivity index is 2.06. The average molecular weight is 434 g/mol. The lowest BCUT2D eigenvalue weighted by Gasteiger charge is -2.19. The van der Waals surface area contributed by atoms with Crippen molar-refractivity contribution in [2.24, 2.45) is 0 Å². The standard InChI is InChI=1S/C21H27N3O5S/c1-16-12-14-18(15-13-16)30(28,29)24-19(10-6-3-7-11-20(25)23-27)21(26)22-17-8-4-2-5-9-17/h2,4-5,8-9,12-15,19,24,27H,3,6-7,10-11H2,1H3,(H,22,26)(H,23,25)/t19-/m0/s1. The monoisotopic (exact) mass is 433 g/mol. The number of nitrogens with one attached hydrogen (secondary N) is 3. The van der Waals surface area contributed by atoms with Crippen molar-refractivity contribution in [2.75, 3.05) is 5.32 Å². The maximum absolute atomic E-state index is 12.8. The molecule has 0 bridgehead atoms. The van der Waals surface area contributed by atoms with E-state index in [0.717, 1.165) is 5.56 Å². The van der Waals surface area contributed by atoms with Crippen LogP contribution in [0.1, 0.15) is 37.7 Å². The van der Waals surface area contributed by atoms with E-state index in [9.17, 15) is 18.0 Å². The highest BCUT2D eigenvalue weighted by atomic mass is 32.2. The summed E-state index contributed by atoms with van der Waals surface area (Å²) < 4.78 is 28.0. The van der Waals surface area contributed by atoms with E-state index in [4.69, 9.17) is 5.21 Å². The second kappa shape index (κ2) is 11.4. The predicted molar refractivity (Wildman–Crippen MR) is 113 cm³/mol. The number of rotatable bonds is 11. The third-order valence-electron chi connectivity index (χ3n) is 4.51. The van der Waals surface area contributed by atoms with E-state index in [2.05, 4.69) is 10.0 Å². The van der Waals surface area contributed by atoms with E-state index in [1.54, 1.807) is 41.9 Å². The van der Waals surface area contributed by atoms with E-state index in [1.807, 2.05) is 13.0 Å². The van der Waals surface area contributed by atoms with Gasteiger partial charge in [0.25, 0.3) is 0 Å². The van der Waals surface area contributed by atoms with Gasteiger partial charge >= 0.3 is 0 Å². The van der Waals surface area contributed by atoms with Gasteiger partial charge in [-0.3, -0.25) is 14.8 Å². The normalized spacial score (nSPS) is 12.2. The number of hydroxylamine groups is 1. The molecule has 2 amide bonds. The van der Waals surface area contributed by atoms with Crippen LogP contribution >= 0.6 is 0 Å². The van der Waals surface area contributed by atoms with Crippen molar-refractivity contribution < 1.29 is 23.2 Å². The quantitative estimate of drug-likeness (QED) is 0.246. The fourth-order valence-electron chi connectivity index (χ4n) is 2.83. The lowest BCUT2D eigenvalue weighted by atomic mass is 10.1. The number of carbonyl (C=O) groups is 2. The second-order valence-electron chi connectivity index (χ2n) is 6.98. The first-order chi connectivity index (χ1) is 14.3. The van der Waals surface area contributed by atoms with Crippen LogP contribution in [0.2, 0.25) is 0 Å². The van der Waals surface area contributed by atoms with E-state index in [0.29, 0.717) is 24.9 Å². The van der Waals surface area contributed by atoms with E-state index < -0.39 is 27.9 Å². The summed E-state index contributed by atoms with van der Waals surface area (Å²) in [6.07, 6.45) is 2.08. The maximum atomic E-state index is 12.8. The third kappa shape index (κ3) is 7.58. The van der Waals surface area contributed by atoms with Gasteiger partial charge < -0.3 is 5.32 Å². The molecule has 0 fully saturated rings. The van der Waals surface area contributed by atoms with Gasteiger partial charge in [0, 0.05) is 12.1 Å². The molecule has 4 N–H and O–H groups in total. The zero-order chi connectivity index (χ0) is 22.0. The molecular weight excluding hydrogens is 406 g/mol. The molecule has 0 aliphatic rings. The fraction of sp³-hybridized carbons (Fsp3) is 0.333. The molecule has 0 radical (unpaired) electrons. The Morgan fingerprint density at radius 1 is 0.967 bits per heavy atom. The maximum Gasteiger partial charge on any atom is 0.243 e. The summed E-state index contributed by atoms with van der Waals surface area (Å²) >= 11 is 0. The summed E-state index contributed by atoms with van der Waals surface area (Å²) in [5.74, 6) is -0.932. The van der Waals surface area contributed by atoms with Crippen molar-refractivity contribution in [3.05, 3.63) is 60.2 Å². The van der Waals surface area contributed by atoms with Gasteiger partial charge in [-0.05, 0) is 44.0 Å². The Labute approximate surface area is 176 Å². The van der Waals surface area contributed by atoms with Crippen LogP contribution in [0, 0.1) is 6.92 Å². The third-order valence-corrected chi connectivity index (χ3v) is 6.00. The number of hydrogen-bond acceptors (Lipinski definition) is 5. The van der Waals surface area contributed by atoms with Crippen LogP contribution < -0.4 is 15.5 Å². The van der Waals surface area contributed by atoms with Crippen molar-refractivity contribution in [1.29, 1.82) is 0 Å². The highest BCUT2D eigenvalue weighted by molar-refractivity contribution is 7.89. The number of anilines is 1. The van der Waals surface area contributed by atoms with Crippen LogP contribution in [0.5, 0.6) is 0 Å². The van der Waals surface area contributed by atoms with Crippen molar-refractivity contribution in [2.45, 2.75) is 50.0 Å². The Kier molecular flexibility index (Phi) is 8.97. The Morgan fingerprint density at radius 3 is 2.27 bits per heavy atom. The van der Waals surface area contributed by atoms with Crippen molar-refractivity contribution in [3.63, 3.8) is 0 Å². The summed E-state index contributed by atoms with van der Waals surface area (Å²) in [7, 11) is -3.88. The van der Waals surface area contributed by atoms with Crippen LogP contribution in [-0.4, -0.2) is 31.5 Å². The minimum atomic E-state index is -3.88. The van der Waals surface area contributed by atoms with Gasteiger partial charge in [-0.15, -0.1) is 0 Å². The summed E-state index contributed by atoms with van der Waals surface area (Å²) in [4.78, 5) is 23.9. The SMILES string of the molecule is Cc1ccc(S(=O)(=O)N[C@@H](CCCCCC(=O)NO)C(=O)Nc2ccccc2)cc1. The molecule has 2 aromatic carbocycles.